The second-order valence-corrected chi connectivity index (χ2v) is 7.21. The number of esters is 1. The number of benzene rings is 2. The Hall–Kier alpha value is -3.16. The molecular formula is C24H27N3O4. The van der Waals surface area contributed by atoms with Crippen LogP contribution in [0.3, 0.4) is 0 Å². The molecule has 31 heavy (non-hydrogen) atoms. The molecule has 0 atom stereocenters. The van der Waals surface area contributed by atoms with Gasteiger partial charge >= 0.3 is 5.97 Å². The first-order valence-electron chi connectivity index (χ1n) is 10.6. The Morgan fingerprint density at radius 1 is 1.03 bits per heavy atom. The third-order valence-electron chi connectivity index (χ3n) is 5.19. The molecule has 162 valence electrons. The molecular weight excluding hydrogens is 394 g/mol. The zero-order chi connectivity index (χ0) is 21.5. The van der Waals surface area contributed by atoms with E-state index in [2.05, 4.69) is 22.1 Å². The Balaban J connectivity index is 1.55. The fourth-order valence-electron chi connectivity index (χ4n) is 3.53. The van der Waals surface area contributed by atoms with E-state index < -0.39 is 5.97 Å². The molecule has 0 amide bonds. The lowest BCUT2D eigenvalue weighted by molar-refractivity contribution is 0.0316. The Labute approximate surface area is 182 Å². The summed E-state index contributed by atoms with van der Waals surface area (Å²) in [6.07, 6.45) is 1.51. The van der Waals surface area contributed by atoms with Gasteiger partial charge in [-0.25, -0.2) is 9.48 Å². The van der Waals surface area contributed by atoms with Gasteiger partial charge in [0.15, 0.2) is 0 Å². The number of rotatable bonds is 8. The van der Waals surface area contributed by atoms with Gasteiger partial charge in [0, 0.05) is 19.6 Å². The van der Waals surface area contributed by atoms with E-state index in [1.165, 1.54) is 6.20 Å². The molecule has 1 aromatic heterocycles. The van der Waals surface area contributed by atoms with E-state index >= 15 is 0 Å². The van der Waals surface area contributed by atoms with Crippen LogP contribution in [0.15, 0.2) is 60.8 Å². The molecule has 2 heterocycles. The van der Waals surface area contributed by atoms with Crippen molar-refractivity contribution in [3.63, 3.8) is 0 Å². The first-order valence-corrected chi connectivity index (χ1v) is 10.6. The van der Waals surface area contributed by atoms with Crippen molar-refractivity contribution in [1.29, 1.82) is 0 Å². The van der Waals surface area contributed by atoms with Crippen LogP contribution in [-0.4, -0.2) is 66.7 Å². The zero-order valence-corrected chi connectivity index (χ0v) is 17.7. The molecule has 1 aliphatic heterocycles. The highest BCUT2D eigenvalue weighted by Crippen LogP contribution is 2.26. The van der Waals surface area contributed by atoms with Crippen molar-refractivity contribution in [3.8, 4) is 22.7 Å². The molecule has 0 radical (unpaired) electrons. The number of ether oxygens (including phenoxy) is 3. The Kier molecular flexibility index (Phi) is 6.96. The molecule has 2 aromatic carbocycles. The van der Waals surface area contributed by atoms with E-state index in [0.717, 1.165) is 49.7 Å². The highest BCUT2D eigenvalue weighted by molar-refractivity contribution is 5.92. The summed E-state index contributed by atoms with van der Waals surface area (Å²) in [5, 5.41) is 4.41. The third-order valence-corrected chi connectivity index (χ3v) is 5.19. The fraction of sp³-hybridized carbons (Fsp3) is 0.333. The number of hydrogen-bond acceptors (Lipinski definition) is 6. The lowest BCUT2D eigenvalue weighted by Gasteiger charge is -2.26. The molecule has 0 bridgehead atoms. The summed E-state index contributed by atoms with van der Waals surface area (Å²) in [7, 11) is 0. The van der Waals surface area contributed by atoms with Gasteiger partial charge in [-0.1, -0.05) is 42.5 Å². The lowest BCUT2D eigenvalue weighted by atomic mass is 10.1. The van der Waals surface area contributed by atoms with Crippen molar-refractivity contribution in [2.45, 2.75) is 6.92 Å². The second kappa shape index (κ2) is 10.2. The molecule has 3 aromatic rings. The molecule has 7 heteroatoms. The van der Waals surface area contributed by atoms with E-state index in [1.807, 2.05) is 42.5 Å². The Morgan fingerprint density at radius 2 is 1.74 bits per heavy atom. The second-order valence-electron chi connectivity index (χ2n) is 7.21. The van der Waals surface area contributed by atoms with Crippen LogP contribution in [-0.2, 0) is 9.47 Å². The molecule has 0 unspecified atom stereocenters. The van der Waals surface area contributed by atoms with Crippen LogP contribution in [0.2, 0.25) is 0 Å². The first-order chi connectivity index (χ1) is 15.3. The molecule has 0 spiro atoms. The molecule has 1 fully saturated rings. The van der Waals surface area contributed by atoms with Crippen LogP contribution < -0.4 is 4.74 Å². The summed E-state index contributed by atoms with van der Waals surface area (Å²) in [6.45, 7) is 6.51. The number of hydrogen-bond donors (Lipinski definition) is 0. The minimum Gasteiger partial charge on any atom is -0.476 e. The largest absolute Gasteiger partial charge is 0.476 e. The van der Waals surface area contributed by atoms with Gasteiger partial charge in [-0.2, -0.15) is 5.10 Å². The van der Waals surface area contributed by atoms with Crippen molar-refractivity contribution < 1.29 is 19.0 Å². The molecule has 0 aliphatic carbocycles. The number of carbonyl (C=O) groups is 1. The van der Waals surface area contributed by atoms with Crippen molar-refractivity contribution in [2.75, 3.05) is 46.1 Å². The highest BCUT2D eigenvalue weighted by Gasteiger charge is 2.22. The fourth-order valence-corrected chi connectivity index (χ4v) is 3.53. The van der Waals surface area contributed by atoms with E-state index in [9.17, 15) is 4.79 Å². The van der Waals surface area contributed by atoms with Gasteiger partial charge in [0.25, 0.3) is 0 Å². The zero-order valence-electron chi connectivity index (χ0n) is 17.7. The first kappa shape index (κ1) is 21.1. The predicted molar refractivity (Wildman–Crippen MR) is 118 cm³/mol. The van der Waals surface area contributed by atoms with Crippen molar-refractivity contribution in [2.24, 2.45) is 0 Å². The topological polar surface area (TPSA) is 65.8 Å². The van der Waals surface area contributed by atoms with Crippen LogP contribution in [0.25, 0.3) is 16.8 Å². The van der Waals surface area contributed by atoms with Crippen molar-refractivity contribution in [3.05, 3.63) is 66.4 Å². The van der Waals surface area contributed by atoms with E-state index in [4.69, 9.17) is 14.2 Å². The van der Waals surface area contributed by atoms with Crippen LogP contribution in [0.4, 0.5) is 0 Å². The van der Waals surface area contributed by atoms with Crippen LogP contribution in [0.1, 0.15) is 17.3 Å². The summed E-state index contributed by atoms with van der Waals surface area (Å²) in [5.74, 6) is -0.0322. The third kappa shape index (κ3) is 5.13. The smallest absolute Gasteiger partial charge is 0.345 e. The van der Waals surface area contributed by atoms with Gasteiger partial charge in [-0.05, 0) is 30.2 Å². The average Bonchev–Trinajstić information content (AvgIpc) is 3.25. The molecule has 1 saturated heterocycles. The molecule has 0 N–H and O–H groups in total. The van der Waals surface area contributed by atoms with Gasteiger partial charge in [-0.3, -0.25) is 4.90 Å². The van der Waals surface area contributed by atoms with Crippen LogP contribution in [0, 0.1) is 0 Å². The molecule has 0 saturated carbocycles. The van der Waals surface area contributed by atoms with Crippen LogP contribution >= 0.6 is 0 Å². The number of aromatic nitrogens is 2. The number of morpholine rings is 1. The van der Waals surface area contributed by atoms with Crippen molar-refractivity contribution in [1.82, 2.24) is 14.7 Å². The quantitative estimate of drug-likeness (QED) is 0.519. The lowest BCUT2D eigenvalue weighted by Crippen LogP contribution is -2.38. The van der Waals surface area contributed by atoms with E-state index in [1.54, 1.807) is 11.6 Å². The molecule has 1 aliphatic rings. The maximum absolute atomic E-state index is 12.4. The summed E-state index contributed by atoms with van der Waals surface area (Å²) < 4.78 is 18.3. The van der Waals surface area contributed by atoms with Gasteiger partial charge in [0.2, 0.25) is 5.88 Å². The van der Waals surface area contributed by atoms with Gasteiger partial charge in [-0.15, -0.1) is 0 Å². The minimum absolute atomic E-state index is 0.295. The monoisotopic (exact) mass is 421 g/mol. The van der Waals surface area contributed by atoms with Gasteiger partial charge < -0.3 is 14.2 Å². The summed E-state index contributed by atoms with van der Waals surface area (Å²) in [4.78, 5) is 14.7. The standard InChI is InChI=1S/C24H27N3O4/c1-2-30-24(28)22-18-25-27(23(22)31-17-14-26-12-15-29-16-13-26)21-10-8-20(9-11-21)19-6-4-3-5-7-19/h3-11,18H,2,12-17H2,1H3. The number of carbonyl (C=O) groups excluding carboxylic acids is 1. The Morgan fingerprint density at radius 3 is 2.45 bits per heavy atom. The summed E-state index contributed by atoms with van der Waals surface area (Å²) in [5.41, 5.74) is 3.40. The maximum Gasteiger partial charge on any atom is 0.345 e. The van der Waals surface area contributed by atoms with Crippen molar-refractivity contribution >= 4 is 5.97 Å². The van der Waals surface area contributed by atoms with Crippen LogP contribution in [0.5, 0.6) is 5.88 Å². The summed E-state index contributed by atoms with van der Waals surface area (Å²) >= 11 is 0. The van der Waals surface area contributed by atoms with Gasteiger partial charge in [0.05, 0.1) is 31.7 Å². The SMILES string of the molecule is CCOC(=O)c1cnn(-c2ccc(-c3ccccc3)cc2)c1OCCN1CCOCC1. The summed E-state index contributed by atoms with van der Waals surface area (Å²) in [6, 6.07) is 18.2. The predicted octanol–water partition coefficient (Wildman–Crippen LogP) is 3.43. The van der Waals surface area contributed by atoms with E-state index in [-0.39, 0.29) is 0 Å². The molecule has 7 nitrogen and oxygen atoms in total. The van der Waals surface area contributed by atoms with Gasteiger partial charge in [0.1, 0.15) is 12.2 Å². The minimum atomic E-state index is -0.434. The van der Waals surface area contributed by atoms with E-state index in [0.29, 0.717) is 24.7 Å². The number of nitrogens with zero attached hydrogens (tertiary/aromatic N) is 3. The average molecular weight is 421 g/mol. The Bertz CT molecular complexity index is 980. The normalized spacial score (nSPS) is 14.4. The highest BCUT2D eigenvalue weighted by atomic mass is 16.5. The maximum atomic E-state index is 12.4. The molecule has 4 rings (SSSR count).